The van der Waals surface area contributed by atoms with Gasteiger partial charge in [-0.15, -0.1) is 0 Å². The Balaban J connectivity index is 1.87. The monoisotopic (exact) mass is 270 g/mol. The average molecular weight is 270 g/mol. The van der Waals surface area contributed by atoms with Crippen LogP contribution in [0.3, 0.4) is 0 Å². The number of aromatic nitrogens is 2. The van der Waals surface area contributed by atoms with Gasteiger partial charge in [0.05, 0.1) is 13.2 Å². The molecule has 104 valence electrons. The zero-order chi connectivity index (χ0) is 13.9. The van der Waals surface area contributed by atoms with Crippen molar-refractivity contribution in [3.8, 4) is 5.88 Å². The number of anilines is 2. The van der Waals surface area contributed by atoms with Gasteiger partial charge in [-0.25, -0.2) is 0 Å². The van der Waals surface area contributed by atoms with Crippen molar-refractivity contribution >= 4 is 11.8 Å². The van der Waals surface area contributed by atoms with E-state index < -0.39 is 0 Å². The lowest BCUT2D eigenvalue weighted by molar-refractivity contribution is 0.398. The molecule has 0 amide bonds. The topological polar surface area (TPSA) is 73.1 Å². The molecule has 0 bridgehead atoms. The van der Waals surface area contributed by atoms with E-state index in [1.807, 2.05) is 0 Å². The maximum absolute atomic E-state index is 5.69. The van der Waals surface area contributed by atoms with Gasteiger partial charge >= 0.3 is 0 Å². The number of fused-ring (bicyclic) bond motifs is 1. The predicted molar refractivity (Wildman–Crippen MR) is 78.7 cm³/mol. The van der Waals surface area contributed by atoms with Crippen LogP contribution in [-0.2, 0) is 6.42 Å². The SMILES string of the molecule is COc1cc(NC2CCCc3ccccc32)nc(N)n1. The predicted octanol–water partition coefficient (Wildman–Crippen LogP) is 2.56. The number of hydrogen-bond acceptors (Lipinski definition) is 5. The van der Waals surface area contributed by atoms with Crippen LogP contribution >= 0.6 is 0 Å². The Hall–Kier alpha value is -2.30. The number of ether oxygens (including phenoxy) is 1. The van der Waals surface area contributed by atoms with Crippen molar-refractivity contribution in [3.05, 3.63) is 41.5 Å². The fraction of sp³-hybridized carbons (Fsp3) is 0.333. The molecule has 0 radical (unpaired) electrons. The number of aryl methyl sites for hydroxylation is 1. The molecular weight excluding hydrogens is 252 g/mol. The zero-order valence-corrected chi connectivity index (χ0v) is 11.5. The third-order valence-corrected chi connectivity index (χ3v) is 3.62. The second-order valence-electron chi connectivity index (χ2n) is 4.94. The van der Waals surface area contributed by atoms with Crippen LogP contribution in [0, 0.1) is 0 Å². The second kappa shape index (κ2) is 5.36. The minimum Gasteiger partial charge on any atom is -0.481 e. The first-order valence-corrected chi connectivity index (χ1v) is 6.79. The Labute approximate surface area is 118 Å². The number of benzene rings is 1. The number of nitrogens with zero attached hydrogens (tertiary/aromatic N) is 2. The van der Waals surface area contributed by atoms with E-state index in [2.05, 4.69) is 39.6 Å². The summed E-state index contributed by atoms with van der Waals surface area (Å²) in [5.41, 5.74) is 8.44. The summed E-state index contributed by atoms with van der Waals surface area (Å²) in [6.45, 7) is 0. The Bertz CT molecular complexity index is 615. The number of rotatable bonds is 3. The molecule has 1 aromatic heterocycles. The molecule has 0 fully saturated rings. The lowest BCUT2D eigenvalue weighted by Crippen LogP contribution is -2.18. The summed E-state index contributed by atoms with van der Waals surface area (Å²) in [4.78, 5) is 8.22. The molecule has 1 heterocycles. The maximum atomic E-state index is 5.69. The van der Waals surface area contributed by atoms with Crippen LogP contribution in [0.15, 0.2) is 30.3 Å². The van der Waals surface area contributed by atoms with Gasteiger partial charge < -0.3 is 15.8 Å². The highest BCUT2D eigenvalue weighted by molar-refractivity contribution is 5.46. The minimum atomic E-state index is 0.218. The Morgan fingerprint density at radius 3 is 3.00 bits per heavy atom. The summed E-state index contributed by atoms with van der Waals surface area (Å²) in [6.07, 6.45) is 3.40. The van der Waals surface area contributed by atoms with Crippen molar-refractivity contribution in [2.45, 2.75) is 25.3 Å². The van der Waals surface area contributed by atoms with Gasteiger partial charge in [0.2, 0.25) is 11.8 Å². The lowest BCUT2D eigenvalue weighted by Gasteiger charge is -2.26. The fourth-order valence-electron chi connectivity index (χ4n) is 2.70. The number of nitrogens with two attached hydrogens (primary N) is 1. The normalized spacial score (nSPS) is 17.4. The van der Waals surface area contributed by atoms with Gasteiger partial charge in [-0.3, -0.25) is 0 Å². The molecule has 0 saturated carbocycles. The first kappa shape index (κ1) is 12.7. The molecule has 0 aliphatic heterocycles. The highest BCUT2D eigenvalue weighted by Crippen LogP contribution is 2.32. The third-order valence-electron chi connectivity index (χ3n) is 3.62. The number of methoxy groups -OCH3 is 1. The smallest absolute Gasteiger partial charge is 0.225 e. The van der Waals surface area contributed by atoms with E-state index in [1.165, 1.54) is 17.5 Å². The number of nitrogens with one attached hydrogen (secondary N) is 1. The molecule has 3 rings (SSSR count). The van der Waals surface area contributed by atoms with Gasteiger partial charge in [0, 0.05) is 6.07 Å². The molecule has 1 atom stereocenters. The highest BCUT2D eigenvalue weighted by Gasteiger charge is 2.20. The first-order chi connectivity index (χ1) is 9.76. The summed E-state index contributed by atoms with van der Waals surface area (Å²) >= 11 is 0. The van der Waals surface area contributed by atoms with Crippen molar-refractivity contribution in [1.29, 1.82) is 0 Å². The molecule has 2 aromatic rings. The summed E-state index contributed by atoms with van der Waals surface area (Å²) in [5, 5.41) is 3.44. The Kier molecular flexibility index (Phi) is 3.41. The van der Waals surface area contributed by atoms with Crippen LogP contribution in [0.4, 0.5) is 11.8 Å². The van der Waals surface area contributed by atoms with Crippen molar-refractivity contribution in [3.63, 3.8) is 0 Å². The molecule has 0 saturated heterocycles. The summed E-state index contributed by atoms with van der Waals surface area (Å²) < 4.78 is 5.12. The van der Waals surface area contributed by atoms with Crippen LogP contribution in [0.2, 0.25) is 0 Å². The van der Waals surface area contributed by atoms with E-state index in [1.54, 1.807) is 13.2 Å². The molecule has 1 aromatic carbocycles. The van der Waals surface area contributed by atoms with Crippen molar-refractivity contribution in [2.24, 2.45) is 0 Å². The molecule has 5 nitrogen and oxygen atoms in total. The van der Waals surface area contributed by atoms with E-state index in [0.717, 1.165) is 12.8 Å². The summed E-state index contributed by atoms with van der Waals surface area (Å²) in [6, 6.07) is 10.6. The molecule has 1 unspecified atom stereocenters. The third kappa shape index (κ3) is 2.52. The van der Waals surface area contributed by atoms with E-state index in [0.29, 0.717) is 11.7 Å². The van der Waals surface area contributed by atoms with Gasteiger partial charge in [-0.2, -0.15) is 9.97 Å². The minimum absolute atomic E-state index is 0.218. The molecule has 1 aliphatic carbocycles. The maximum Gasteiger partial charge on any atom is 0.225 e. The molecule has 3 N–H and O–H groups in total. The Morgan fingerprint density at radius 1 is 1.30 bits per heavy atom. The van der Waals surface area contributed by atoms with Crippen LogP contribution in [-0.4, -0.2) is 17.1 Å². The molecule has 5 heteroatoms. The summed E-state index contributed by atoms with van der Waals surface area (Å²) in [5.74, 6) is 1.40. The van der Waals surface area contributed by atoms with E-state index in [4.69, 9.17) is 10.5 Å². The van der Waals surface area contributed by atoms with Crippen LogP contribution < -0.4 is 15.8 Å². The molecule has 1 aliphatic rings. The van der Waals surface area contributed by atoms with E-state index in [9.17, 15) is 0 Å². The second-order valence-corrected chi connectivity index (χ2v) is 4.94. The van der Waals surface area contributed by atoms with E-state index in [-0.39, 0.29) is 12.0 Å². The van der Waals surface area contributed by atoms with Crippen molar-refractivity contribution in [2.75, 3.05) is 18.2 Å². The molecule has 0 spiro atoms. The van der Waals surface area contributed by atoms with Crippen molar-refractivity contribution < 1.29 is 4.74 Å². The Morgan fingerprint density at radius 2 is 2.15 bits per heavy atom. The van der Waals surface area contributed by atoms with E-state index >= 15 is 0 Å². The van der Waals surface area contributed by atoms with Crippen LogP contribution in [0.5, 0.6) is 5.88 Å². The van der Waals surface area contributed by atoms with Gasteiger partial charge in [0.1, 0.15) is 5.82 Å². The largest absolute Gasteiger partial charge is 0.481 e. The zero-order valence-electron chi connectivity index (χ0n) is 11.5. The van der Waals surface area contributed by atoms with Gasteiger partial charge in [0.15, 0.2) is 0 Å². The fourth-order valence-corrected chi connectivity index (χ4v) is 2.70. The number of nitrogen functional groups attached to an aromatic ring is 1. The first-order valence-electron chi connectivity index (χ1n) is 6.79. The quantitative estimate of drug-likeness (QED) is 0.896. The van der Waals surface area contributed by atoms with Gasteiger partial charge in [0.25, 0.3) is 0 Å². The van der Waals surface area contributed by atoms with Crippen molar-refractivity contribution in [1.82, 2.24) is 9.97 Å². The summed E-state index contributed by atoms with van der Waals surface area (Å²) in [7, 11) is 1.57. The van der Waals surface area contributed by atoms with Crippen LogP contribution in [0.1, 0.15) is 30.0 Å². The van der Waals surface area contributed by atoms with Gasteiger partial charge in [-0.1, -0.05) is 24.3 Å². The van der Waals surface area contributed by atoms with Gasteiger partial charge in [-0.05, 0) is 30.4 Å². The van der Waals surface area contributed by atoms with Crippen LogP contribution in [0.25, 0.3) is 0 Å². The molecular formula is C15H18N4O. The molecule has 20 heavy (non-hydrogen) atoms. The highest BCUT2D eigenvalue weighted by atomic mass is 16.5. The average Bonchev–Trinajstić information content (AvgIpc) is 2.47. The number of hydrogen-bond donors (Lipinski definition) is 2. The standard InChI is InChI=1S/C15H18N4O/c1-20-14-9-13(18-15(16)19-14)17-12-8-4-6-10-5-2-3-7-11(10)12/h2-3,5,7,9,12H,4,6,8H2,1H3,(H3,16,17,18,19). The lowest BCUT2D eigenvalue weighted by atomic mass is 9.88.